The molecule has 0 unspecified atom stereocenters. The number of carbonyl (C=O) groups excluding carboxylic acids is 1. The third-order valence-electron chi connectivity index (χ3n) is 4.39. The minimum Gasteiger partial charge on any atom is -0.352 e. The number of rotatable bonds is 4. The molecule has 0 spiro atoms. The summed E-state index contributed by atoms with van der Waals surface area (Å²) in [5, 5.41) is 3.01. The molecule has 2 aromatic carbocycles. The SMILES string of the molecule is Cc1ccc(CNC(=O)Cc2ccc3c(c2)CCCC3)cc1. The fraction of sp³-hybridized carbons (Fsp3) is 0.350. The van der Waals surface area contributed by atoms with Crippen LogP contribution in [-0.4, -0.2) is 5.91 Å². The first-order valence-corrected chi connectivity index (χ1v) is 8.13. The first-order chi connectivity index (χ1) is 10.7. The van der Waals surface area contributed by atoms with Gasteiger partial charge in [0.1, 0.15) is 0 Å². The van der Waals surface area contributed by atoms with E-state index in [0.29, 0.717) is 13.0 Å². The Hall–Kier alpha value is -2.09. The van der Waals surface area contributed by atoms with Crippen LogP contribution in [0.5, 0.6) is 0 Å². The second-order valence-corrected chi connectivity index (χ2v) is 6.25. The van der Waals surface area contributed by atoms with Crippen molar-refractivity contribution in [3.63, 3.8) is 0 Å². The molecule has 0 fully saturated rings. The summed E-state index contributed by atoms with van der Waals surface area (Å²) in [7, 11) is 0. The molecule has 0 saturated heterocycles. The van der Waals surface area contributed by atoms with Crippen molar-refractivity contribution in [2.24, 2.45) is 0 Å². The van der Waals surface area contributed by atoms with E-state index >= 15 is 0 Å². The lowest BCUT2D eigenvalue weighted by atomic mass is 9.90. The predicted molar refractivity (Wildman–Crippen MR) is 89.8 cm³/mol. The highest BCUT2D eigenvalue weighted by atomic mass is 16.1. The van der Waals surface area contributed by atoms with Crippen LogP contribution in [0.4, 0.5) is 0 Å². The predicted octanol–water partition coefficient (Wildman–Crippen LogP) is 3.73. The molecular weight excluding hydrogens is 270 g/mol. The van der Waals surface area contributed by atoms with Crippen molar-refractivity contribution in [1.82, 2.24) is 5.32 Å². The molecule has 2 nitrogen and oxygen atoms in total. The van der Waals surface area contributed by atoms with E-state index in [1.165, 1.54) is 36.0 Å². The Labute approximate surface area is 132 Å². The lowest BCUT2D eigenvalue weighted by molar-refractivity contribution is -0.120. The van der Waals surface area contributed by atoms with E-state index in [9.17, 15) is 4.79 Å². The maximum atomic E-state index is 12.1. The molecule has 2 heteroatoms. The number of carbonyl (C=O) groups is 1. The van der Waals surface area contributed by atoms with Gasteiger partial charge in [-0.3, -0.25) is 4.79 Å². The zero-order valence-electron chi connectivity index (χ0n) is 13.2. The molecule has 1 aliphatic rings. The third kappa shape index (κ3) is 3.76. The molecule has 2 aromatic rings. The van der Waals surface area contributed by atoms with Crippen LogP contribution in [0.1, 0.15) is 40.7 Å². The summed E-state index contributed by atoms with van der Waals surface area (Å²) >= 11 is 0. The highest BCUT2D eigenvalue weighted by molar-refractivity contribution is 5.78. The Balaban J connectivity index is 1.56. The van der Waals surface area contributed by atoms with Gasteiger partial charge in [0.05, 0.1) is 6.42 Å². The second-order valence-electron chi connectivity index (χ2n) is 6.25. The molecule has 1 N–H and O–H groups in total. The number of hydrogen-bond acceptors (Lipinski definition) is 1. The van der Waals surface area contributed by atoms with Crippen LogP contribution in [0.25, 0.3) is 0 Å². The number of amides is 1. The van der Waals surface area contributed by atoms with E-state index in [1.807, 2.05) is 0 Å². The van der Waals surface area contributed by atoms with Gasteiger partial charge in [0.25, 0.3) is 0 Å². The van der Waals surface area contributed by atoms with Crippen molar-refractivity contribution in [2.75, 3.05) is 0 Å². The first kappa shape index (κ1) is 14.8. The van der Waals surface area contributed by atoms with Gasteiger partial charge in [-0.25, -0.2) is 0 Å². The van der Waals surface area contributed by atoms with E-state index in [4.69, 9.17) is 0 Å². The second kappa shape index (κ2) is 6.78. The van der Waals surface area contributed by atoms with E-state index in [1.54, 1.807) is 0 Å². The molecule has 3 rings (SSSR count). The topological polar surface area (TPSA) is 29.1 Å². The van der Waals surface area contributed by atoms with Gasteiger partial charge in [0.2, 0.25) is 5.91 Å². The lowest BCUT2D eigenvalue weighted by Crippen LogP contribution is -2.24. The van der Waals surface area contributed by atoms with Crippen LogP contribution >= 0.6 is 0 Å². The van der Waals surface area contributed by atoms with Crippen molar-refractivity contribution in [2.45, 2.75) is 45.6 Å². The molecule has 0 heterocycles. The average Bonchev–Trinajstić information content (AvgIpc) is 2.54. The van der Waals surface area contributed by atoms with Crippen LogP contribution in [0.3, 0.4) is 0 Å². The Morgan fingerprint density at radius 3 is 2.41 bits per heavy atom. The molecule has 0 saturated carbocycles. The quantitative estimate of drug-likeness (QED) is 0.914. The number of aryl methyl sites for hydroxylation is 3. The zero-order valence-corrected chi connectivity index (χ0v) is 13.2. The van der Waals surface area contributed by atoms with Gasteiger partial charge in [-0.15, -0.1) is 0 Å². The highest BCUT2D eigenvalue weighted by Crippen LogP contribution is 2.22. The monoisotopic (exact) mass is 293 g/mol. The molecule has 1 aliphatic carbocycles. The normalized spacial score (nSPS) is 13.5. The summed E-state index contributed by atoms with van der Waals surface area (Å²) in [6.07, 6.45) is 5.39. The van der Waals surface area contributed by atoms with Crippen molar-refractivity contribution in [1.29, 1.82) is 0 Å². The fourth-order valence-electron chi connectivity index (χ4n) is 3.05. The van der Waals surface area contributed by atoms with Gasteiger partial charge in [-0.2, -0.15) is 0 Å². The maximum absolute atomic E-state index is 12.1. The van der Waals surface area contributed by atoms with E-state index in [2.05, 4.69) is 54.7 Å². The molecule has 114 valence electrons. The van der Waals surface area contributed by atoms with Crippen molar-refractivity contribution in [3.8, 4) is 0 Å². The number of nitrogens with one attached hydrogen (secondary N) is 1. The summed E-state index contributed by atoms with van der Waals surface area (Å²) in [6.45, 7) is 2.67. The van der Waals surface area contributed by atoms with E-state index < -0.39 is 0 Å². The van der Waals surface area contributed by atoms with Gasteiger partial charge in [0.15, 0.2) is 0 Å². The van der Waals surface area contributed by atoms with Crippen LogP contribution in [0.15, 0.2) is 42.5 Å². The third-order valence-corrected chi connectivity index (χ3v) is 4.39. The first-order valence-electron chi connectivity index (χ1n) is 8.13. The minimum atomic E-state index is 0.0938. The van der Waals surface area contributed by atoms with Gasteiger partial charge in [-0.05, 0) is 54.9 Å². The van der Waals surface area contributed by atoms with Crippen LogP contribution in [-0.2, 0) is 30.6 Å². The average molecular weight is 293 g/mol. The van der Waals surface area contributed by atoms with Crippen LogP contribution in [0.2, 0.25) is 0 Å². The maximum Gasteiger partial charge on any atom is 0.224 e. The Kier molecular flexibility index (Phi) is 4.57. The highest BCUT2D eigenvalue weighted by Gasteiger charge is 2.11. The molecule has 0 radical (unpaired) electrons. The standard InChI is InChI=1S/C20H23NO/c1-15-6-8-16(9-7-15)14-21-20(22)13-17-10-11-18-4-2-3-5-19(18)12-17/h6-12H,2-5,13-14H2,1H3,(H,21,22). The zero-order chi connectivity index (χ0) is 15.4. The van der Waals surface area contributed by atoms with Crippen molar-refractivity contribution >= 4 is 5.91 Å². The summed E-state index contributed by atoms with van der Waals surface area (Å²) in [5.41, 5.74) is 6.42. The Bertz CT molecular complexity index is 658. The Morgan fingerprint density at radius 2 is 1.64 bits per heavy atom. The smallest absolute Gasteiger partial charge is 0.224 e. The summed E-state index contributed by atoms with van der Waals surface area (Å²) < 4.78 is 0. The van der Waals surface area contributed by atoms with Gasteiger partial charge >= 0.3 is 0 Å². The van der Waals surface area contributed by atoms with Gasteiger partial charge in [0, 0.05) is 6.54 Å². The molecule has 22 heavy (non-hydrogen) atoms. The molecule has 0 aromatic heterocycles. The van der Waals surface area contributed by atoms with Crippen LogP contribution in [0, 0.1) is 6.92 Å². The molecule has 0 aliphatic heterocycles. The molecule has 1 amide bonds. The largest absolute Gasteiger partial charge is 0.352 e. The summed E-state index contributed by atoms with van der Waals surface area (Å²) in [5.74, 6) is 0.0938. The van der Waals surface area contributed by atoms with Crippen molar-refractivity contribution < 1.29 is 4.79 Å². The lowest BCUT2D eigenvalue weighted by Gasteiger charge is -2.16. The van der Waals surface area contributed by atoms with E-state index in [-0.39, 0.29) is 5.91 Å². The number of fused-ring (bicyclic) bond motifs is 1. The molecule has 0 atom stereocenters. The minimum absolute atomic E-state index is 0.0938. The number of benzene rings is 2. The van der Waals surface area contributed by atoms with Gasteiger partial charge < -0.3 is 5.32 Å². The summed E-state index contributed by atoms with van der Waals surface area (Å²) in [4.78, 5) is 12.1. The molecule has 0 bridgehead atoms. The van der Waals surface area contributed by atoms with Crippen molar-refractivity contribution in [3.05, 3.63) is 70.3 Å². The Morgan fingerprint density at radius 1 is 0.955 bits per heavy atom. The number of hydrogen-bond donors (Lipinski definition) is 1. The van der Waals surface area contributed by atoms with Crippen LogP contribution < -0.4 is 5.32 Å². The van der Waals surface area contributed by atoms with Gasteiger partial charge in [-0.1, -0.05) is 48.0 Å². The molecular formula is C20H23NO. The summed E-state index contributed by atoms with van der Waals surface area (Å²) in [6, 6.07) is 14.8. The van der Waals surface area contributed by atoms with E-state index in [0.717, 1.165) is 17.5 Å². The fourth-order valence-corrected chi connectivity index (χ4v) is 3.05.